The van der Waals surface area contributed by atoms with Crippen LogP contribution >= 0.6 is 11.6 Å². The van der Waals surface area contributed by atoms with E-state index in [1.54, 1.807) is 24.7 Å². The number of carbonyl (C=O) groups is 1. The molecule has 2 rings (SSSR count). The zero-order chi connectivity index (χ0) is 15.5. The van der Waals surface area contributed by atoms with Crippen molar-refractivity contribution in [1.82, 2.24) is 15.1 Å². The molecular formula is C15H18ClN3O2. The van der Waals surface area contributed by atoms with Gasteiger partial charge in [-0.3, -0.25) is 4.79 Å². The number of nitrogens with one attached hydrogen (secondary N) is 1. The minimum absolute atomic E-state index is 0.213. The Hall–Kier alpha value is -2.01. The second kappa shape index (κ2) is 6.18. The summed E-state index contributed by atoms with van der Waals surface area (Å²) in [4.78, 5) is 11.9. The van der Waals surface area contributed by atoms with Crippen LogP contribution in [-0.4, -0.2) is 27.8 Å². The van der Waals surface area contributed by atoms with E-state index in [9.17, 15) is 4.79 Å². The lowest BCUT2D eigenvalue weighted by atomic mass is 10.1. The number of para-hydroxylation sites is 1. The first-order chi connectivity index (χ1) is 9.94. The molecule has 1 amide bonds. The van der Waals surface area contributed by atoms with Crippen LogP contribution in [0.3, 0.4) is 0 Å². The number of amides is 1. The fourth-order valence-corrected chi connectivity index (χ4v) is 1.95. The summed E-state index contributed by atoms with van der Waals surface area (Å²) in [5, 5.41) is 7.37. The molecular weight excluding hydrogens is 290 g/mol. The average Bonchev–Trinajstić information content (AvgIpc) is 2.81. The molecule has 1 heterocycles. The molecule has 0 saturated carbocycles. The molecule has 1 aromatic heterocycles. The molecule has 0 fully saturated rings. The average molecular weight is 308 g/mol. The maximum atomic E-state index is 11.9. The molecule has 21 heavy (non-hydrogen) atoms. The monoisotopic (exact) mass is 307 g/mol. The first-order valence-electron chi connectivity index (χ1n) is 6.72. The van der Waals surface area contributed by atoms with Gasteiger partial charge >= 0.3 is 0 Å². The number of nitrogens with zero attached hydrogens (tertiary/aromatic N) is 2. The summed E-state index contributed by atoms with van der Waals surface area (Å²) in [7, 11) is 0. The van der Waals surface area contributed by atoms with E-state index in [1.165, 1.54) is 0 Å². The number of aromatic nitrogens is 2. The highest BCUT2D eigenvalue weighted by Gasteiger charge is 2.31. The smallest absolute Gasteiger partial charge is 0.263 e. The molecule has 0 aliphatic carbocycles. The first-order valence-corrected chi connectivity index (χ1v) is 7.09. The Kier molecular flexibility index (Phi) is 4.53. The molecule has 2 aromatic rings. The zero-order valence-electron chi connectivity index (χ0n) is 12.3. The first kappa shape index (κ1) is 15.4. The van der Waals surface area contributed by atoms with Crippen LogP contribution in [0.15, 0.2) is 36.5 Å². The van der Waals surface area contributed by atoms with E-state index >= 15 is 0 Å². The fraction of sp³-hybridized carbons (Fsp3) is 0.333. The van der Waals surface area contributed by atoms with Gasteiger partial charge in [-0.15, -0.1) is 5.10 Å². The van der Waals surface area contributed by atoms with Crippen LogP contribution in [0.4, 0.5) is 0 Å². The van der Waals surface area contributed by atoms with E-state index in [-0.39, 0.29) is 11.8 Å². The van der Waals surface area contributed by atoms with Crippen molar-refractivity contribution in [3.63, 3.8) is 0 Å². The molecule has 1 aromatic carbocycles. The topological polar surface area (TPSA) is 56.1 Å². The Morgan fingerprint density at radius 3 is 2.67 bits per heavy atom. The molecule has 0 aliphatic rings. The Balaban J connectivity index is 2.22. The van der Waals surface area contributed by atoms with Crippen LogP contribution in [0.25, 0.3) is 5.69 Å². The second-order valence-corrected chi connectivity index (χ2v) is 5.44. The van der Waals surface area contributed by atoms with Crippen LogP contribution < -0.4 is 10.1 Å². The summed E-state index contributed by atoms with van der Waals surface area (Å²) >= 11 is 6.14. The van der Waals surface area contributed by atoms with Gasteiger partial charge in [0.1, 0.15) is 5.02 Å². The van der Waals surface area contributed by atoms with Gasteiger partial charge in [0.25, 0.3) is 11.8 Å². The van der Waals surface area contributed by atoms with Gasteiger partial charge in [-0.2, -0.15) is 0 Å². The quantitative estimate of drug-likeness (QED) is 0.924. The highest BCUT2D eigenvalue weighted by Crippen LogP contribution is 2.27. The highest BCUT2D eigenvalue weighted by atomic mass is 35.5. The molecule has 5 nitrogen and oxygen atoms in total. The third-order valence-electron chi connectivity index (χ3n) is 2.90. The summed E-state index contributed by atoms with van der Waals surface area (Å²) in [5.74, 6) is 0.0205. The molecule has 0 aliphatic heterocycles. The van der Waals surface area contributed by atoms with E-state index in [2.05, 4.69) is 10.4 Å². The van der Waals surface area contributed by atoms with Crippen LogP contribution in [0.2, 0.25) is 5.02 Å². The zero-order valence-corrected chi connectivity index (χ0v) is 13.0. The predicted molar refractivity (Wildman–Crippen MR) is 82.0 cm³/mol. The SMILES string of the molecule is CCNC(=O)C(C)(C)Oc1nn(-c2ccccc2)cc1Cl. The lowest BCUT2D eigenvalue weighted by Gasteiger charge is -2.23. The van der Waals surface area contributed by atoms with E-state index < -0.39 is 5.60 Å². The van der Waals surface area contributed by atoms with Gasteiger partial charge in [0.05, 0.1) is 11.9 Å². The molecule has 1 N–H and O–H groups in total. The van der Waals surface area contributed by atoms with Crippen molar-refractivity contribution in [2.24, 2.45) is 0 Å². The predicted octanol–water partition coefficient (Wildman–Crippen LogP) is 2.82. The van der Waals surface area contributed by atoms with Gasteiger partial charge < -0.3 is 10.1 Å². The van der Waals surface area contributed by atoms with Crippen molar-refractivity contribution in [1.29, 1.82) is 0 Å². The summed E-state index contributed by atoms with van der Waals surface area (Å²) in [5.41, 5.74) is -0.180. The van der Waals surface area contributed by atoms with Gasteiger partial charge in [0.2, 0.25) is 0 Å². The normalized spacial score (nSPS) is 11.2. The van der Waals surface area contributed by atoms with E-state index in [0.29, 0.717) is 11.6 Å². The Morgan fingerprint density at radius 1 is 1.38 bits per heavy atom. The Bertz CT molecular complexity index is 623. The standard InChI is InChI=1S/C15H18ClN3O2/c1-4-17-14(20)15(2,3)21-13-12(16)10-19(18-13)11-8-6-5-7-9-11/h5-10H,4H2,1-3H3,(H,17,20). The number of hydrogen-bond donors (Lipinski definition) is 1. The maximum absolute atomic E-state index is 11.9. The second-order valence-electron chi connectivity index (χ2n) is 5.03. The lowest BCUT2D eigenvalue weighted by molar-refractivity contribution is -0.134. The molecule has 0 spiro atoms. The lowest BCUT2D eigenvalue weighted by Crippen LogP contribution is -2.46. The van der Waals surface area contributed by atoms with Gasteiger partial charge in [0, 0.05) is 6.54 Å². The summed E-state index contributed by atoms with van der Waals surface area (Å²) in [6.07, 6.45) is 1.65. The number of carbonyl (C=O) groups excluding carboxylic acids is 1. The Labute approximate surface area is 128 Å². The number of benzene rings is 1. The Morgan fingerprint density at radius 2 is 2.05 bits per heavy atom. The number of rotatable bonds is 5. The molecule has 0 radical (unpaired) electrons. The third kappa shape index (κ3) is 3.55. The number of likely N-dealkylation sites (N-methyl/N-ethyl adjacent to an activating group) is 1. The summed E-state index contributed by atoms with van der Waals surface area (Å²) < 4.78 is 7.29. The maximum Gasteiger partial charge on any atom is 0.263 e. The minimum atomic E-state index is -1.05. The number of halogens is 1. The fourth-order valence-electron chi connectivity index (χ4n) is 1.78. The van der Waals surface area contributed by atoms with E-state index in [0.717, 1.165) is 5.69 Å². The van der Waals surface area contributed by atoms with Gasteiger partial charge in [-0.25, -0.2) is 4.68 Å². The van der Waals surface area contributed by atoms with Crippen molar-refractivity contribution in [2.75, 3.05) is 6.54 Å². The van der Waals surface area contributed by atoms with Crippen LogP contribution in [0.1, 0.15) is 20.8 Å². The van der Waals surface area contributed by atoms with Gasteiger partial charge in [-0.05, 0) is 32.9 Å². The van der Waals surface area contributed by atoms with Gasteiger partial charge in [-0.1, -0.05) is 29.8 Å². The molecule has 0 unspecified atom stereocenters. The molecule has 0 saturated heterocycles. The summed E-state index contributed by atoms with van der Waals surface area (Å²) in [6.45, 7) is 5.74. The van der Waals surface area contributed by atoms with Crippen molar-refractivity contribution in [3.8, 4) is 11.6 Å². The van der Waals surface area contributed by atoms with Crippen LogP contribution in [0.5, 0.6) is 5.88 Å². The van der Waals surface area contributed by atoms with E-state index in [4.69, 9.17) is 16.3 Å². The molecule has 112 valence electrons. The summed E-state index contributed by atoms with van der Waals surface area (Å²) in [6, 6.07) is 9.54. The largest absolute Gasteiger partial charge is 0.459 e. The highest BCUT2D eigenvalue weighted by molar-refractivity contribution is 6.31. The number of ether oxygens (including phenoxy) is 1. The van der Waals surface area contributed by atoms with Crippen LogP contribution in [-0.2, 0) is 4.79 Å². The van der Waals surface area contributed by atoms with Gasteiger partial charge in [0.15, 0.2) is 5.60 Å². The van der Waals surface area contributed by atoms with Crippen molar-refractivity contribution >= 4 is 17.5 Å². The van der Waals surface area contributed by atoms with E-state index in [1.807, 2.05) is 37.3 Å². The van der Waals surface area contributed by atoms with Crippen molar-refractivity contribution in [3.05, 3.63) is 41.6 Å². The van der Waals surface area contributed by atoms with Crippen molar-refractivity contribution in [2.45, 2.75) is 26.4 Å². The van der Waals surface area contributed by atoms with Crippen molar-refractivity contribution < 1.29 is 9.53 Å². The molecule has 0 atom stereocenters. The molecule has 0 bridgehead atoms. The number of hydrogen-bond acceptors (Lipinski definition) is 3. The third-order valence-corrected chi connectivity index (χ3v) is 3.15. The minimum Gasteiger partial charge on any atom is -0.459 e. The molecule has 6 heteroatoms. The van der Waals surface area contributed by atoms with Crippen LogP contribution in [0, 0.1) is 0 Å².